The normalized spacial score (nSPS) is 18.9. The van der Waals surface area contributed by atoms with Crippen LogP contribution in [0.25, 0.3) is 0 Å². The average molecular weight is 451 g/mol. The first-order valence-electron chi connectivity index (χ1n) is 11.9. The molecule has 0 spiro atoms. The van der Waals surface area contributed by atoms with Crippen molar-refractivity contribution in [1.29, 1.82) is 0 Å². The second kappa shape index (κ2) is 9.87. The molecule has 1 saturated carbocycles. The van der Waals surface area contributed by atoms with E-state index in [0.717, 1.165) is 56.3 Å². The highest BCUT2D eigenvalue weighted by Gasteiger charge is 2.34. The standard InChI is InChI=1S/C25H31FN6O/c1-33-23-14-8-7-13-22(23)30-15-17-31(18-16-30)24(20-11-5-6-12-21(20)26)25-27-28-29-32(25)19-9-3-2-4-10-19/h5-8,11-14,19,24H,2-4,9-10,15-18H2,1H3. The number of aromatic nitrogens is 4. The number of rotatable bonds is 6. The molecule has 174 valence electrons. The van der Waals surface area contributed by atoms with Crippen molar-refractivity contribution in [2.45, 2.75) is 44.2 Å². The Kier molecular flexibility index (Phi) is 6.53. The monoisotopic (exact) mass is 450 g/mol. The van der Waals surface area contributed by atoms with Gasteiger partial charge in [-0.3, -0.25) is 4.90 Å². The van der Waals surface area contributed by atoms with Gasteiger partial charge in [0.1, 0.15) is 17.6 Å². The van der Waals surface area contributed by atoms with Gasteiger partial charge in [-0.2, -0.15) is 0 Å². The number of methoxy groups -OCH3 is 1. The van der Waals surface area contributed by atoms with E-state index < -0.39 is 0 Å². The smallest absolute Gasteiger partial charge is 0.173 e. The fourth-order valence-electron chi connectivity index (χ4n) is 5.27. The maximum atomic E-state index is 15.1. The average Bonchev–Trinajstić information content (AvgIpc) is 3.36. The molecule has 33 heavy (non-hydrogen) atoms. The summed E-state index contributed by atoms with van der Waals surface area (Å²) >= 11 is 0. The van der Waals surface area contributed by atoms with Gasteiger partial charge < -0.3 is 9.64 Å². The lowest BCUT2D eigenvalue weighted by Crippen LogP contribution is -2.48. The summed E-state index contributed by atoms with van der Waals surface area (Å²) in [5.41, 5.74) is 1.73. The van der Waals surface area contributed by atoms with Gasteiger partial charge in [0.2, 0.25) is 0 Å². The summed E-state index contributed by atoms with van der Waals surface area (Å²) in [4.78, 5) is 4.65. The van der Waals surface area contributed by atoms with Crippen molar-refractivity contribution in [3.63, 3.8) is 0 Å². The maximum absolute atomic E-state index is 15.1. The lowest BCUT2D eigenvalue weighted by molar-refractivity contribution is 0.190. The molecule has 1 unspecified atom stereocenters. The van der Waals surface area contributed by atoms with E-state index in [1.54, 1.807) is 13.2 Å². The van der Waals surface area contributed by atoms with Gasteiger partial charge in [-0.1, -0.05) is 49.6 Å². The van der Waals surface area contributed by atoms with Crippen molar-refractivity contribution >= 4 is 5.69 Å². The van der Waals surface area contributed by atoms with Crippen LogP contribution in [0.15, 0.2) is 48.5 Å². The number of piperazine rings is 1. The number of hydrogen-bond acceptors (Lipinski definition) is 6. The van der Waals surface area contributed by atoms with Gasteiger partial charge >= 0.3 is 0 Å². The summed E-state index contributed by atoms with van der Waals surface area (Å²) < 4.78 is 22.6. The summed E-state index contributed by atoms with van der Waals surface area (Å²) in [5, 5.41) is 12.9. The van der Waals surface area contributed by atoms with Gasteiger partial charge in [0, 0.05) is 31.7 Å². The zero-order valence-electron chi connectivity index (χ0n) is 19.1. The predicted molar refractivity (Wildman–Crippen MR) is 125 cm³/mol. The lowest BCUT2D eigenvalue weighted by atomic mass is 9.95. The van der Waals surface area contributed by atoms with Crippen molar-refractivity contribution in [1.82, 2.24) is 25.1 Å². The molecule has 0 bridgehead atoms. The lowest BCUT2D eigenvalue weighted by Gasteiger charge is -2.40. The van der Waals surface area contributed by atoms with Gasteiger partial charge in [-0.15, -0.1) is 5.10 Å². The second-order valence-corrected chi connectivity index (χ2v) is 8.89. The van der Waals surface area contributed by atoms with Crippen LogP contribution in [-0.4, -0.2) is 58.4 Å². The van der Waals surface area contributed by atoms with Gasteiger partial charge in [-0.25, -0.2) is 9.07 Å². The van der Waals surface area contributed by atoms with Crippen LogP contribution in [0.5, 0.6) is 5.75 Å². The molecule has 0 N–H and O–H groups in total. The van der Waals surface area contributed by atoms with E-state index in [1.165, 1.54) is 25.3 Å². The molecule has 1 aliphatic carbocycles. The summed E-state index contributed by atoms with van der Waals surface area (Å²) in [5.74, 6) is 1.41. The molecular weight excluding hydrogens is 419 g/mol. The number of halogens is 1. The van der Waals surface area contributed by atoms with E-state index >= 15 is 4.39 Å². The molecule has 3 aromatic rings. The zero-order chi connectivity index (χ0) is 22.6. The molecule has 1 aromatic heterocycles. The Labute approximate surface area is 194 Å². The van der Waals surface area contributed by atoms with Crippen LogP contribution in [-0.2, 0) is 0 Å². The molecule has 1 atom stereocenters. The number of ether oxygens (including phenoxy) is 1. The Bertz CT molecular complexity index is 1060. The number of benzene rings is 2. The van der Waals surface area contributed by atoms with E-state index in [-0.39, 0.29) is 17.9 Å². The largest absolute Gasteiger partial charge is 0.495 e. The molecular formula is C25H31FN6O. The first kappa shape index (κ1) is 21.8. The Morgan fingerprint density at radius 1 is 0.939 bits per heavy atom. The molecule has 0 radical (unpaired) electrons. The number of anilines is 1. The Morgan fingerprint density at radius 3 is 2.42 bits per heavy atom. The number of hydrogen-bond donors (Lipinski definition) is 0. The van der Waals surface area contributed by atoms with E-state index in [0.29, 0.717) is 5.56 Å². The third-order valence-corrected chi connectivity index (χ3v) is 6.99. The summed E-state index contributed by atoms with van der Waals surface area (Å²) in [6.07, 6.45) is 5.78. The van der Waals surface area contributed by atoms with E-state index in [4.69, 9.17) is 4.74 Å². The second-order valence-electron chi connectivity index (χ2n) is 8.89. The molecule has 1 saturated heterocycles. The quantitative estimate of drug-likeness (QED) is 0.560. The van der Waals surface area contributed by atoms with Crippen molar-refractivity contribution < 1.29 is 9.13 Å². The minimum absolute atomic E-state index is 0.215. The van der Waals surface area contributed by atoms with Gasteiger partial charge in [-0.05, 0) is 41.5 Å². The fourth-order valence-corrected chi connectivity index (χ4v) is 5.27. The Morgan fingerprint density at radius 2 is 1.67 bits per heavy atom. The molecule has 2 heterocycles. The molecule has 1 aliphatic heterocycles. The predicted octanol–water partition coefficient (Wildman–Crippen LogP) is 4.24. The summed E-state index contributed by atoms with van der Waals surface area (Å²) in [6.45, 7) is 3.18. The third-order valence-electron chi connectivity index (χ3n) is 6.99. The molecule has 2 aliphatic rings. The maximum Gasteiger partial charge on any atom is 0.173 e. The van der Waals surface area contributed by atoms with Crippen molar-refractivity contribution in [2.75, 3.05) is 38.2 Å². The van der Waals surface area contributed by atoms with Crippen LogP contribution in [0.2, 0.25) is 0 Å². The van der Waals surface area contributed by atoms with Gasteiger partial charge in [0.25, 0.3) is 0 Å². The van der Waals surface area contributed by atoms with E-state index in [9.17, 15) is 0 Å². The minimum atomic E-state index is -0.317. The first-order chi connectivity index (χ1) is 16.3. The SMILES string of the molecule is COc1ccccc1N1CCN(C(c2ccccc2F)c2nnnn2C2CCCCC2)CC1. The Balaban J connectivity index is 1.44. The molecule has 5 rings (SSSR count). The van der Waals surface area contributed by atoms with Crippen LogP contribution >= 0.6 is 0 Å². The summed E-state index contributed by atoms with van der Waals surface area (Å²) in [6, 6.07) is 15.1. The third kappa shape index (κ3) is 4.44. The van der Waals surface area contributed by atoms with Crippen molar-refractivity contribution in [3.8, 4) is 5.75 Å². The number of nitrogens with zero attached hydrogens (tertiary/aromatic N) is 6. The zero-order valence-corrected chi connectivity index (χ0v) is 19.1. The van der Waals surface area contributed by atoms with Crippen LogP contribution in [0.3, 0.4) is 0 Å². The van der Waals surface area contributed by atoms with Crippen LogP contribution in [0.4, 0.5) is 10.1 Å². The highest BCUT2D eigenvalue weighted by Crippen LogP contribution is 2.35. The summed E-state index contributed by atoms with van der Waals surface area (Å²) in [7, 11) is 1.70. The molecule has 2 fully saturated rings. The molecule has 2 aromatic carbocycles. The van der Waals surface area contributed by atoms with Crippen LogP contribution in [0, 0.1) is 5.82 Å². The Hall–Kier alpha value is -3.00. The fraction of sp³-hybridized carbons (Fsp3) is 0.480. The number of para-hydroxylation sites is 2. The van der Waals surface area contributed by atoms with Crippen LogP contribution in [0.1, 0.15) is 55.6 Å². The topological polar surface area (TPSA) is 59.3 Å². The first-order valence-corrected chi connectivity index (χ1v) is 11.9. The van der Waals surface area contributed by atoms with Gasteiger partial charge in [0.05, 0.1) is 18.8 Å². The highest BCUT2D eigenvalue weighted by molar-refractivity contribution is 5.58. The minimum Gasteiger partial charge on any atom is -0.495 e. The van der Waals surface area contributed by atoms with Crippen LogP contribution < -0.4 is 9.64 Å². The molecule has 7 nitrogen and oxygen atoms in total. The van der Waals surface area contributed by atoms with Crippen molar-refractivity contribution in [3.05, 3.63) is 65.7 Å². The molecule has 8 heteroatoms. The molecule has 0 amide bonds. The number of tetrazole rings is 1. The van der Waals surface area contributed by atoms with E-state index in [2.05, 4.69) is 31.4 Å². The highest BCUT2D eigenvalue weighted by atomic mass is 19.1. The van der Waals surface area contributed by atoms with E-state index in [1.807, 2.05) is 35.0 Å². The van der Waals surface area contributed by atoms with Crippen molar-refractivity contribution in [2.24, 2.45) is 0 Å². The van der Waals surface area contributed by atoms with Gasteiger partial charge in [0.15, 0.2) is 5.82 Å².